The van der Waals surface area contributed by atoms with Crippen LogP contribution in [0.4, 0.5) is 0 Å². The van der Waals surface area contributed by atoms with Crippen LogP contribution in [-0.4, -0.2) is 29.1 Å². The van der Waals surface area contributed by atoms with Crippen LogP contribution in [0.15, 0.2) is 0 Å². The van der Waals surface area contributed by atoms with Crippen molar-refractivity contribution >= 4 is 5.91 Å². The van der Waals surface area contributed by atoms with Gasteiger partial charge in [0.1, 0.15) is 0 Å². The van der Waals surface area contributed by atoms with Crippen LogP contribution in [0.2, 0.25) is 0 Å². The van der Waals surface area contributed by atoms with Crippen LogP contribution in [0.3, 0.4) is 0 Å². The quantitative estimate of drug-likeness (QED) is 0.708. The van der Waals surface area contributed by atoms with Gasteiger partial charge >= 0.3 is 0 Å². The smallest absolute Gasteiger partial charge is 0.241 e. The van der Waals surface area contributed by atoms with E-state index in [0.29, 0.717) is 17.9 Å². The highest BCUT2D eigenvalue weighted by Gasteiger charge is 2.40. The van der Waals surface area contributed by atoms with Crippen molar-refractivity contribution in [1.82, 2.24) is 10.2 Å². The topological polar surface area (TPSA) is 32.3 Å². The second kappa shape index (κ2) is 7.13. The first kappa shape index (κ1) is 15.5. The first-order valence-corrected chi connectivity index (χ1v) is 7.61. The zero-order chi connectivity index (χ0) is 13.7. The molecule has 1 aliphatic rings. The van der Waals surface area contributed by atoms with E-state index in [1.807, 2.05) is 0 Å². The molecule has 1 N–H and O–H groups in total. The molecular weight excluding hydrogens is 224 g/mol. The number of carbonyl (C=O) groups is 1. The Morgan fingerprint density at radius 3 is 2.50 bits per heavy atom. The van der Waals surface area contributed by atoms with Crippen LogP contribution in [0.1, 0.15) is 66.7 Å². The first-order valence-electron chi connectivity index (χ1n) is 7.61. The summed E-state index contributed by atoms with van der Waals surface area (Å²) in [5.41, 5.74) is 0. The lowest BCUT2D eigenvalue weighted by molar-refractivity contribution is -0.132. The lowest BCUT2D eigenvalue weighted by atomic mass is 9.99. The van der Waals surface area contributed by atoms with Crippen LogP contribution < -0.4 is 5.32 Å². The molecule has 3 nitrogen and oxygen atoms in total. The molecule has 1 saturated heterocycles. The van der Waals surface area contributed by atoms with Gasteiger partial charge in [-0.2, -0.15) is 0 Å². The average molecular weight is 254 g/mol. The zero-order valence-electron chi connectivity index (χ0n) is 12.7. The molecule has 106 valence electrons. The third-order valence-electron chi connectivity index (χ3n) is 4.27. The van der Waals surface area contributed by atoms with Crippen molar-refractivity contribution < 1.29 is 4.79 Å². The van der Waals surface area contributed by atoms with Gasteiger partial charge in [0.25, 0.3) is 0 Å². The number of hydrogen-bond donors (Lipinski definition) is 1. The summed E-state index contributed by atoms with van der Waals surface area (Å²) in [6, 6.07) is 0.388. The molecule has 0 saturated carbocycles. The Bertz CT molecular complexity index is 267. The maximum Gasteiger partial charge on any atom is 0.241 e. The van der Waals surface area contributed by atoms with Crippen LogP contribution in [0, 0.1) is 5.92 Å². The number of hydrogen-bond acceptors (Lipinski definition) is 2. The van der Waals surface area contributed by atoms with E-state index in [-0.39, 0.29) is 12.2 Å². The van der Waals surface area contributed by atoms with Crippen molar-refractivity contribution in [3.8, 4) is 0 Å². The largest absolute Gasteiger partial charge is 0.323 e. The molecule has 4 unspecified atom stereocenters. The molecule has 0 bridgehead atoms. The van der Waals surface area contributed by atoms with Gasteiger partial charge in [-0.3, -0.25) is 10.1 Å². The molecule has 1 amide bonds. The molecule has 1 aliphatic heterocycles. The van der Waals surface area contributed by atoms with Gasteiger partial charge < -0.3 is 4.90 Å². The number of amides is 1. The van der Waals surface area contributed by atoms with E-state index in [1.54, 1.807) is 0 Å². The molecule has 3 heteroatoms. The number of rotatable bonds is 7. The zero-order valence-corrected chi connectivity index (χ0v) is 12.7. The van der Waals surface area contributed by atoms with E-state index >= 15 is 0 Å². The van der Waals surface area contributed by atoms with Gasteiger partial charge in [0.2, 0.25) is 5.91 Å². The number of unbranched alkanes of at least 4 members (excludes halogenated alkanes) is 2. The normalized spacial score (nSPS) is 27.6. The molecule has 0 aromatic heterocycles. The number of carbonyl (C=O) groups excluding carboxylic acids is 1. The van der Waals surface area contributed by atoms with E-state index in [1.165, 1.54) is 19.3 Å². The molecule has 1 rings (SSSR count). The molecule has 0 radical (unpaired) electrons. The minimum absolute atomic E-state index is 0.0265. The van der Waals surface area contributed by atoms with E-state index in [0.717, 1.165) is 12.8 Å². The molecule has 1 fully saturated rings. The summed E-state index contributed by atoms with van der Waals surface area (Å²) in [5.74, 6) is 0.730. The molecule has 0 spiro atoms. The Morgan fingerprint density at radius 2 is 1.94 bits per heavy atom. The molecule has 0 aliphatic carbocycles. The standard InChI is InChI=1S/C15H30N2O/c1-6-8-9-10-12(4)17-13(5)16-14(15(17)18)11(3)7-2/h11-14,16H,6-10H2,1-5H3. The fraction of sp³-hybridized carbons (Fsp3) is 0.933. The predicted octanol–water partition coefficient (Wildman–Crippen LogP) is 3.15. The van der Waals surface area contributed by atoms with Crippen LogP contribution >= 0.6 is 0 Å². The SMILES string of the molecule is CCCCCC(C)N1C(=O)C(C(C)CC)NC1C. The van der Waals surface area contributed by atoms with Crippen molar-refractivity contribution in [2.24, 2.45) is 5.92 Å². The van der Waals surface area contributed by atoms with Crippen molar-refractivity contribution in [3.05, 3.63) is 0 Å². The van der Waals surface area contributed by atoms with Gasteiger partial charge in [0.05, 0.1) is 12.2 Å². The summed E-state index contributed by atoms with van der Waals surface area (Å²) in [5, 5.41) is 3.45. The summed E-state index contributed by atoms with van der Waals surface area (Å²) in [6.07, 6.45) is 6.09. The number of nitrogens with one attached hydrogen (secondary N) is 1. The maximum atomic E-state index is 12.5. The fourth-order valence-electron chi connectivity index (χ4n) is 2.83. The van der Waals surface area contributed by atoms with E-state index in [9.17, 15) is 4.79 Å². The van der Waals surface area contributed by atoms with Crippen LogP contribution in [0.25, 0.3) is 0 Å². The summed E-state index contributed by atoms with van der Waals surface area (Å²) in [7, 11) is 0. The molecule has 0 aromatic rings. The summed E-state index contributed by atoms with van der Waals surface area (Å²) in [4.78, 5) is 14.5. The van der Waals surface area contributed by atoms with Gasteiger partial charge in [-0.05, 0) is 26.2 Å². The first-order chi connectivity index (χ1) is 8.52. The highest BCUT2D eigenvalue weighted by atomic mass is 16.2. The van der Waals surface area contributed by atoms with Crippen LogP contribution in [0.5, 0.6) is 0 Å². The Morgan fingerprint density at radius 1 is 1.28 bits per heavy atom. The minimum atomic E-state index is 0.0265. The van der Waals surface area contributed by atoms with Gasteiger partial charge in [-0.25, -0.2) is 0 Å². The summed E-state index contributed by atoms with van der Waals surface area (Å²) < 4.78 is 0. The van der Waals surface area contributed by atoms with Crippen molar-refractivity contribution in [3.63, 3.8) is 0 Å². The highest BCUT2D eigenvalue weighted by Crippen LogP contribution is 2.23. The maximum absolute atomic E-state index is 12.5. The Hall–Kier alpha value is -0.570. The monoisotopic (exact) mass is 254 g/mol. The molecule has 18 heavy (non-hydrogen) atoms. The average Bonchev–Trinajstić information content (AvgIpc) is 2.64. The molecule has 0 aromatic carbocycles. The van der Waals surface area contributed by atoms with E-state index in [4.69, 9.17) is 0 Å². The van der Waals surface area contributed by atoms with Gasteiger partial charge in [-0.1, -0.05) is 46.5 Å². The lowest BCUT2D eigenvalue weighted by Gasteiger charge is -2.28. The van der Waals surface area contributed by atoms with Gasteiger partial charge in [0, 0.05) is 6.04 Å². The second-order valence-corrected chi connectivity index (χ2v) is 5.80. The second-order valence-electron chi connectivity index (χ2n) is 5.80. The molecule has 4 atom stereocenters. The predicted molar refractivity (Wildman–Crippen MR) is 76.3 cm³/mol. The van der Waals surface area contributed by atoms with Crippen molar-refractivity contribution in [1.29, 1.82) is 0 Å². The lowest BCUT2D eigenvalue weighted by Crippen LogP contribution is -2.41. The molecule has 1 heterocycles. The third kappa shape index (κ3) is 3.47. The van der Waals surface area contributed by atoms with Crippen LogP contribution in [-0.2, 0) is 4.79 Å². The Kier molecular flexibility index (Phi) is 6.13. The fourth-order valence-corrected chi connectivity index (χ4v) is 2.83. The minimum Gasteiger partial charge on any atom is -0.323 e. The summed E-state index contributed by atoms with van der Waals surface area (Å²) in [6.45, 7) is 10.8. The third-order valence-corrected chi connectivity index (χ3v) is 4.27. The highest BCUT2D eigenvalue weighted by molar-refractivity contribution is 5.84. The van der Waals surface area contributed by atoms with Crippen molar-refractivity contribution in [2.75, 3.05) is 0 Å². The van der Waals surface area contributed by atoms with Gasteiger partial charge in [0.15, 0.2) is 0 Å². The molecular formula is C15H30N2O. The summed E-state index contributed by atoms with van der Waals surface area (Å²) >= 11 is 0. The number of nitrogens with zero attached hydrogens (tertiary/aromatic N) is 1. The Labute approximate surface area is 112 Å². The van der Waals surface area contributed by atoms with Gasteiger partial charge in [-0.15, -0.1) is 0 Å². The van der Waals surface area contributed by atoms with E-state index in [2.05, 4.69) is 44.8 Å². The van der Waals surface area contributed by atoms with Crippen molar-refractivity contribution in [2.45, 2.75) is 85.0 Å². The Balaban J connectivity index is 2.57. The van der Waals surface area contributed by atoms with E-state index < -0.39 is 0 Å².